The van der Waals surface area contributed by atoms with Crippen molar-refractivity contribution in [2.75, 3.05) is 21.3 Å². The zero-order chi connectivity index (χ0) is 21.6. The highest BCUT2D eigenvalue weighted by atomic mass is 16.5. The number of hydrogen-bond acceptors (Lipinski definition) is 4. The van der Waals surface area contributed by atoms with E-state index >= 15 is 0 Å². The molecular formula is C25H32O4. The van der Waals surface area contributed by atoms with Crippen molar-refractivity contribution in [1.82, 2.24) is 0 Å². The molecule has 29 heavy (non-hydrogen) atoms. The number of carbonyl (C=O) groups excluding carboxylic acids is 1. The lowest BCUT2D eigenvalue weighted by molar-refractivity contribution is 0.112. The van der Waals surface area contributed by atoms with E-state index in [1.54, 1.807) is 21.3 Å². The predicted molar refractivity (Wildman–Crippen MR) is 119 cm³/mol. The fourth-order valence-corrected chi connectivity index (χ4v) is 2.55. The first kappa shape index (κ1) is 24.2. The zero-order valence-corrected chi connectivity index (χ0v) is 18.3. The highest BCUT2D eigenvalue weighted by molar-refractivity contribution is 5.77. The Bertz CT molecular complexity index is 787. The minimum absolute atomic E-state index is 0.130. The molecule has 0 bridgehead atoms. The van der Waals surface area contributed by atoms with Crippen molar-refractivity contribution in [3.63, 3.8) is 0 Å². The Morgan fingerprint density at radius 3 is 1.93 bits per heavy atom. The quantitative estimate of drug-likeness (QED) is 0.308. The second-order valence-corrected chi connectivity index (χ2v) is 6.42. The summed E-state index contributed by atoms with van der Waals surface area (Å²) >= 11 is 0. The molecule has 4 nitrogen and oxygen atoms in total. The van der Waals surface area contributed by atoms with Crippen LogP contribution in [0.3, 0.4) is 0 Å². The van der Waals surface area contributed by atoms with Crippen molar-refractivity contribution >= 4 is 6.29 Å². The molecule has 0 fully saturated rings. The topological polar surface area (TPSA) is 44.8 Å². The van der Waals surface area contributed by atoms with Gasteiger partial charge < -0.3 is 14.2 Å². The summed E-state index contributed by atoms with van der Waals surface area (Å²) in [5, 5.41) is 0. The summed E-state index contributed by atoms with van der Waals surface area (Å²) in [6.07, 6.45) is 6.15. The average Bonchev–Trinajstić information content (AvgIpc) is 2.78. The molecule has 0 N–H and O–H groups in total. The van der Waals surface area contributed by atoms with Gasteiger partial charge in [-0.2, -0.15) is 0 Å². The fraction of sp³-hybridized carbons (Fsp3) is 0.320. The maximum absolute atomic E-state index is 10.5. The van der Waals surface area contributed by atoms with Crippen LogP contribution in [0.1, 0.15) is 37.6 Å². The van der Waals surface area contributed by atoms with Gasteiger partial charge in [0.1, 0.15) is 12.0 Å². The molecule has 1 atom stereocenters. The molecule has 0 saturated carbocycles. The average molecular weight is 397 g/mol. The number of methoxy groups -OCH3 is 3. The second kappa shape index (κ2) is 13.3. The van der Waals surface area contributed by atoms with Crippen LogP contribution in [-0.4, -0.2) is 33.7 Å². The third kappa shape index (κ3) is 8.36. The van der Waals surface area contributed by atoms with E-state index in [4.69, 9.17) is 14.2 Å². The van der Waals surface area contributed by atoms with Crippen LogP contribution in [0.15, 0.2) is 72.0 Å². The number of benzene rings is 2. The Balaban J connectivity index is 0.000000298. The van der Waals surface area contributed by atoms with Gasteiger partial charge in [-0.05, 0) is 55.2 Å². The van der Waals surface area contributed by atoms with Crippen molar-refractivity contribution < 1.29 is 19.0 Å². The molecule has 0 radical (unpaired) electrons. The molecule has 0 aliphatic carbocycles. The predicted octanol–water partition coefficient (Wildman–Crippen LogP) is 6.08. The Kier molecular flexibility index (Phi) is 11.1. The molecule has 0 amide bonds. The fourth-order valence-electron chi connectivity index (χ4n) is 2.55. The molecule has 0 spiro atoms. The normalized spacial score (nSPS) is 12.5. The monoisotopic (exact) mass is 396 g/mol. The van der Waals surface area contributed by atoms with E-state index in [0.717, 1.165) is 35.3 Å². The van der Waals surface area contributed by atoms with Gasteiger partial charge in [-0.3, -0.25) is 4.79 Å². The summed E-state index contributed by atoms with van der Waals surface area (Å²) in [6, 6.07) is 15.3. The molecule has 0 aliphatic heterocycles. The van der Waals surface area contributed by atoms with Gasteiger partial charge in [0.2, 0.25) is 0 Å². The van der Waals surface area contributed by atoms with Gasteiger partial charge in [-0.15, -0.1) is 0 Å². The third-order valence-corrected chi connectivity index (χ3v) is 4.42. The lowest BCUT2D eigenvalue weighted by Gasteiger charge is -2.11. The first-order valence-corrected chi connectivity index (χ1v) is 9.63. The summed E-state index contributed by atoms with van der Waals surface area (Å²) in [6.45, 7) is 6.07. The van der Waals surface area contributed by atoms with E-state index in [2.05, 4.69) is 13.0 Å². The lowest BCUT2D eigenvalue weighted by Crippen LogP contribution is -2.07. The van der Waals surface area contributed by atoms with E-state index < -0.39 is 0 Å². The molecule has 156 valence electrons. The van der Waals surface area contributed by atoms with Gasteiger partial charge in [0.15, 0.2) is 0 Å². The minimum atomic E-state index is 0.130. The van der Waals surface area contributed by atoms with Crippen LogP contribution in [0.25, 0.3) is 11.1 Å². The molecule has 2 rings (SSSR count). The summed E-state index contributed by atoms with van der Waals surface area (Å²) in [5.41, 5.74) is 4.06. The maximum Gasteiger partial charge on any atom is 0.150 e. The van der Waals surface area contributed by atoms with E-state index in [1.165, 1.54) is 5.57 Å². The second-order valence-electron chi connectivity index (χ2n) is 6.42. The number of rotatable bonds is 8. The van der Waals surface area contributed by atoms with Crippen molar-refractivity contribution in [1.29, 1.82) is 0 Å². The van der Waals surface area contributed by atoms with Gasteiger partial charge in [-0.1, -0.05) is 49.4 Å². The van der Waals surface area contributed by atoms with E-state index in [9.17, 15) is 4.79 Å². The van der Waals surface area contributed by atoms with Crippen LogP contribution in [0.4, 0.5) is 0 Å². The summed E-state index contributed by atoms with van der Waals surface area (Å²) in [7, 11) is 5.03. The highest BCUT2D eigenvalue weighted by Gasteiger charge is 2.04. The van der Waals surface area contributed by atoms with Crippen LogP contribution in [0, 0.1) is 0 Å². The molecular weight excluding hydrogens is 364 g/mol. The maximum atomic E-state index is 10.5. The van der Waals surface area contributed by atoms with E-state index in [1.807, 2.05) is 68.5 Å². The molecule has 0 heterocycles. The van der Waals surface area contributed by atoms with Gasteiger partial charge in [0.05, 0.1) is 26.1 Å². The number of ether oxygens (including phenoxy) is 3. The molecule has 1 unspecified atom stereocenters. The number of hydrogen-bond donors (Lipinski definition) is 0. The number of carbonyl (C=O) groups is 1. The van der Waals surface area contributed by atoms with E-state index in [-0.39, 0.29) is 6.10 Å². The van der Waals surface area contributed by atoms with Crippen LogP contribution < -0.4 is 4.74 Å². The summed E-state index contributed by atoms with van der Waals surface area (Å²) in [4.78, 5) is 10.5. The van der Waals surface area contributed by atoms with Crippen molar-refractivity contribution in [2.24, 2.45) is 0 Å². The third-order valence-electron chi connectivity index (χ3n) is 4.42. The Hall–Kier alpha value is -2.85. The highest BCUT2D eigenvalue weighted by Crippen LogP contribution is 2.22. The molecule has 0 saturated heterocycles. The zero-order valence-electron chi connectivity index (χ0n) is 18.3. The van der Waals surface area contributed by atoms with Gasteiger partial charge >= 0.3 is 0 Å². The van der Waals surface area contributed by atoms with Crippen LogP contribution in [0.2, 0.25) is 0 Å². The molecule has 0 aromatic heterocycles. The molecule has 2 aromatic carbocycles. The molecule has 0 aliphatic rings. The van der Waals surface area contributed by atoms with Crippen molar-refractivity contribution in [3.8, 4) is 16.9 Å². The smallest absolute Gasteiger partial charge is 0.150 e. The standard InChI is InChI=1S/C14H12O2.C11H20O2/c1-16-14-8-6-13(7-9-14)12-4-2-11(10-15)3-5-12;1-6-7-11(10(3)13-5)8-9(2)12-4/h2-10H,1H3;7-8,10H,6H2,1-5H3/b;9-8+,11-7+. The molecule has 2 aromatic rings. The van der Waals surface area contributed by atoms with Crippen molar-refractivity contribution in [3.05, 3.63) is 77.6 Å². The van der Waals surface area contributed by atoms with Crippen LogP contribution in [-0.2, 0) is 9.47 Å². The van der Waals surface area contributed by atoms with Crippen LogP contribution >= 0.6 is 0 Å². The summed E-state index contributed by atoms with van der Waals surface area (Å²) in [5.74, 6) is 1.75. The Morgan fingerprint density at radius 1 is 0.966 bits per heavy atom. The number of aldehydes is 1. The van der Waals surface area contributed by atoms with Gasteiger partial charge in [-0.25, -0.2) is 0 Å². The first-order valence-electron chi connectivity index (χ1n) is 9.63. The van der Waals surface area contributed by atoms with Crippen molar-refractivity contribution in [2.45, 2.75) is 33.3 Å². The largest absolute Gasteiger partial charge is 0.501 e. The Morgan fingerprint density at radius 2 is 1.52 bits per heavy atom. The SMILES string of the molecule is CC/C=C(\C=C(/C)OC)C(C)OC.COc1ccc(-c2ccc(C=O)cc2)cc1. The summed E-state index contributed by atoms with van der Waals surface area (Å²) < 4.78 is 15.4. The van der Waals surface area contributed by atoms with Crippen LogP contribution in [0.5, 0.6) is 5.75 Å². The minimum Gasteiger partial charge on any atom is -0.501 e. The molecule has 4 heteroatoms. The lowest BCUT2D eigenvalue weighted by atomic mass is 10.0. The van der Waals surface area contributed by atoms with Gasteiger partial charge in [0.25, 0.3) is 0 Å². The van der Waals surface area contributed by atoms with Gasteiger partial charge in [0, 0.05) is 12.7 Å². The first-order chi connectivity index (χ1) is 14.0. The van der Waals surface area contributed by atoms with E-state index in [0.29, 0.717) is 5.56 Å². The Labute approximate surface area is 174 Å². The number of allylic oxidation sites excluding steroid dienone is 2.